The van der Waals surface area contributed by atoms with Crippen molar-refractivity contribution in [3.05, 3.63) is 54.1 Å². The zero-order valence-electron chi connectivity index (χ0n) is 23.2. The van der Waals surface area contributed by atoms with Crippen LogP contribution >= 0.6 is 0 Å². The van der Waals surface area contributed by atoms with Gasteiger partial charge >= 0.3 is 6.01 Å². The van der Waals surface area contributed by atoms with Gasteiger partial charge in [-0.2, -0.15) is 9.97 Å². The van der Waals surface area contributed by atoms with Crippen LogP contribution in [-0.4, -0.2) is 88.2 Å². The van der Waals surface area contributed by atoms with Crippen molar-refractivity contribution in [1.82, 2.24) is 24.8 Å². The summed E-state index contributed by atoms with van der Waals surface area (Å²) < 4.78 is 36.0. The molecule has 0 bridgehead atoms. The largest absolute Gasteiger partial charge is 0.462 e. The fourth-order valence-corrected chi connectivity index (χ4v) is 7.12. The van der Waals surface area contributed by atoms with E-state index in [4.69, 9.17) is 14.7 Å². The molecule has 0 unspecified atom stereocenters. The maximum Gasteiger partial charge on any atom is 0.319 e. The lowest BCUT2D eigenvalue weighted by Gasteiger charge is -2.47. The number of alkyl halides is 1. The van der Waals surface area contributed by atoms with Gasteiger partial charge in [-0.1, -0.05) is 6.58 Å². The second kappa shape index (κ2) is 10.3. The molecule has 0 saturated carbocycles. The number of likely N-dealkylation sites (tertiary alicyclic amines) is 2. The fraction of sp³-hybridized carbons (Fsp3) is 0.484. The van der Waals surface area contributed by atoms with Gasteiger partial charge in [-0.3, -0.25) is 14.7 Å². The van der Waals surface area contributed by atoms with Crippen molar-refractivity contribution in [3.8, 4) is 17.1 Å². The molecule has 4 atom stereocenters. The standard InChI is InChI=1S/C31H34F2N6O2/c1-3-29(40)38-9-8-27-28(38)16-39(27)30-23-11-25(33)22(24-14-34-13-18-6-4-5-7-21(18)24)12-26(23)35-31(36-30)41-17-20-10-19(32)15-37(20)2/h3,11-14,19-20,27-28H,1,4-10,15-17H2,2H3/t19-,20+,27-,28-/m1/s1. The van der Waals surface area contributed by atoms with Gasteiger partial charge < -0.3 is 14.5 Å². The first-order chi connectivity index (χ1) is 19.9. The highest BCUT2D eigenvalue weighted by Gasteiger charge is 2.49. The van der Waals surface area contributed by atoms with Crippen molar-refractivity contribution < 1.29 is 18.3 Å². The molecule has 0 N–H and O–H groups in total. The van der Waals surface area contributed by atoms with Crippen LogP contribution in [0.15, 0.2) is 37.2 Å². The summed E-state index contributed by atoms with van der Waals surface area (Å²) in [7, 11) is 1.89. The topological polar surface area (TPSA) is 74.7 Å². The number of fused-ring (bicyclic) bond motifs is 3. The Morgan fingerprint density at radius 2 is 2.00 bits per heavy atom. The first-order valence-electron chi connectivity index (χ1n) is 14.6. The molecule has 3 fully saturated rings. The van der Waals surface area contributed by atoms with Crippen LogP contribution in [0.5, 0.6) is 6.01 Å². The van der Waals surface area contributed by atoms with Gasteiger partial charge in [-0.25, -0.2) is 8.78 Å². The highest BCUT2D eigenvalue weighted by atomic mass is 19.1. The number of hydrogen-bond donors (Lipinski definition) is 0. The van der Waals surface area contributed by atoms with E-state index < -0.39 is 6.17 Å². The summed E-state index contributed by atoms with van der Waals surface area (Å²) in [6.45, 7) is 5.51. The number of carbonyl (C=O) groups excluding carboxylic acids is 1. The molecular formula is C31H34F2N6O2. The molecule has 3 aliphatic heterocycles. The molecule has 1 aromatic carbocycles. The summed E-state index contributed by atoms with van der Waals surface area (Å²) in [5, 5.41) is 0.602. The molecule has 0 radical (unpaired) electrons. The quantitative estimate of drug-likeness (QED) is 0.420. The number of anilines is 1. The van der Waals surface area contributed by atoms with Gasteiger partial charge in [0.2, 0.25) is 5.91 Å². The number of likely N-dealkylation sites (N-methyl/N-ethyl adjacent to an activating group) is 1. The molecule has 10 heteroatoms. The molecule has 0 spiro atoms. The van der Waals surface area contributed by atoms with Crippen LogP contribution in [0.2, 0.25) is 0 Å². The number of pyridine rings is 1. The number of nitrogens with zero attached hydrogens (tertiary/aromatic N) is 6. The monoisotopic (exact) mass is 560 g/mol. The first-order valence-corrected chi connectivity index (χ1v) is 14.6. The minimum Gasteiger partial charge on any atom is -0.462 e. The average Bonchev–Trinajstić information content (AvgIpc) is 3.47. The predicted molar refractivity (Wildman–Crippen MR) is 152 cm³/mol. The molecule has 2 aromatic heterocycles. The summed E-state index contributed by atoms with van der Waals surface area (Å²) in [6, 6.07) is 3.57. The van der Waals surface area contributed by atoms with Crippen LogP contribution in [-0.2, 0) is 17.6 Å². The Balaban J connectivity index is 1.28. The van der Waals surface area contributed by atoms with Crippen molar-refractivity contribution >= 4 is 22.6 Å². The first kappa shape index (κ1) is 26.3. The van der Waals surface area contributed by atoms with E-state index in [1.165, 1.54) is 17.7 Å². The molecule has 3 saturated heterocycles. The maximum atomic E-state index is 15.9. The third kappa shape index (κ3) is 4.52. The molecule has 8 nitrogen and oxygen atoms in total. The molecule has 5 heterocycles. The van der Waals surface area contributed by atoms with Gasteiger partial charge in [-0.05, 0) is 74.9 Å². The Hall–Kier alpha value is -3.66. The van der Waals surface area contributed by atoms with E-state index in [0.717, 1.165) is 43.2 Å². The summed E-state index contributed by atoms with van der Waals surface area (Å²) in [5.41, 5.74) is 4.20. The molecule has 41 heavy (non-hydrogen) atoms. The predicted octanol–water partition coefficient (Wildman–Crippen LogP) is 4.11. The molecule has 1 amide bonds. The van der Waals surface area contributed by atoms with Gasteiger partial charge in [0, 0.05) is 54.6 Å². The number of ether oxygens (including phenoxy) is 1. The highest BCUT2D eigenvalue weighted by Crippen LogP contribution is 2.41. The third-order valence-electron chi connectivity index (χ3n) is 9.37. The van der Waals surface area contributed by atoms with Crippen LogP contribution < -0.4 is 9.64 Å². The van der Waals surface area contributed by atoms with Crippen LogP contribution in [0, 0.1) is 5.82 Å². The highest BCUT2D eigenvalue weighted by molar-refractivity contribution is 5.94. The minimum atomic E-state index is -0.876. The van der Waals surface area contributed by atoms with Crippen LogP contribution in [0.3, 0.4) is 0 Å². The lowest BCUT2D eigenvalue weighted by atomic mass is 9.87. The second-order valence-electron chi connectivity index (χ2n) is 11.8. The summed E-state index contributed by atoms with van der Waals surface area (Å²) >= 11 is 0. The Labute approximate surface area is 238 Å². The Morgan fingerprint density at radius 3 is 2.80 bits per heavy atom. The zero-order chi connectivity index (χ0) is 28.2. The van der Waals surface area contributed by atoms with Crippen molar-refractivity contribution in [2.45, 2.75) is 62.8 Å². The number of benzene rings is 1. The molecular weight excluding hydrogens is 526 g/mol. The van der Waals surface area contributed by atoms with Crippen LogP contribution in [0.4, 0.5) is 14.6 Å². The summed E-state index contributed by atoms with van der Waals surface area (Å²) in [5.74, 6) is 0.183. The molecule has 214 valence electrons. The minimum absolute atomic E-state index is 0.0644. The van der Waals surface area contributed by atoms with E-state index in [1.807, 2.05) is 23.0 Å². The Bertz CT molecular complexity index is 1530. The van der Waals surface area contributed by atoms with Gasteiger partial charge in [0.1, 0.15) is 24.4 Å². The van der Waals surface area contributed by atoms with Crippen molar-refractivity contribution in [3.63, 3.8) is 0 Å². The Morgan fingerprint density at radius 1 is 1.15 bits per heavy atom. The average molecular weight is 561 g/mol. The SMILES string of the molecule is C=CC(=O)N1CC[C@@H]2[C@H]1CN2c1nc(OC[C@@H]2C[C@@H](F)CN2C)nc2cc(-c3cncc4c3CCCC4)c(F)cc12. The fourth-order valence-electron chi connectivity index (χ4n) is 7.12. The van der Waals surface area contributed by atoms with Crippen LogP contribution in [0.1, 0.15) is 36.8 Å². The number of amides is 1. The smallest absolute Gasteiger partial charge is 0.319 e. The lowest BCUT2D eigenvalue weighted by molar-refractivity contribution is -0.127. The van der Waals surface area contributed by atoms with E-state index in [-0.39, 0.29) is 42.5 Å². The number of rotatable bonds is 6. The third-order valence-corrected chi connectivity index (χ3v) is 9.37. The van der Waals surface area contributed by atoms with Crippen molar-refractivity contribution in [2.24, 2.45) is 0 Å². The number of halogens is 2. The van der Waals surface area contributed by atoms with Gasteiger partial charge in [0.25, 0.3) is 0 Å². The molecule has 7 rings (SSSR count). The van der Waals surface area contributed by atoms with E-state index in [9.17, 15) is 9.18 Å². The number of hydrogen-bond acceptors (Lipinski definition) is 7. The van der Waals surface area contributed by atoms with Crippen molar-refractivity contribution in [2.75, 3.05) is 38.2 Å². The van der Waals surface area contributed by atoms with E-state index in [2.05, 4.69) is 16.5 Å². The van der Waals surface area contributed by atoms with Gasteiger partial charge in [0.15, 0.2) is 0 Å². The van der Waals surface area contributed by atoms with Gasteiger partial charge in [-0.15, -0.1) is 0 Å². The van der Waals surface area contributed by atoms with E-state index >= 15 is 4.39 Å². The summed E-state index contributed by atoms with van der Waals surface area (Å²) in [4.78, 5) is 32.2. The number of aryl methyl sites for hydroxylation is 1. The molecule has 1 aliphatic carbocycles. The molecule has 3 aromatic rings. The van der Waals surface area contributed by atoms with E-state index in [1.54, 1.807) is 12.3 Å². The number of carbonyl (C=O) groups is 1. The van der Waals surface area contributed by atoms with Crippen LogP contribution in [0.25, 0.3) is 22.0 Å². The van der Waals surface area contributed by atoms with E-state index in [0.29, 0.717) is 48.3 Å². The van der Waals surface area contributed by atoms with Gasteiger partial charge in [0.05, 0.1) is 17.6 Å². The second-order valence-corrected chi connectivity index (χ2v) is 11.8. The summed E-state index contributed by atoms with van der Waals surface area (Å²) in [6.07, 6.45) is 9.36. The Kier molecular flexibility index (Phi) is 6.60. The zero-order valence-corrected chi connectivity index (χ0v) is 23.2. The normalized spacial score (nSPS) is 25.6. The lowest BCUT2D eigenvalue weighted by Crippen LogP contribution is -2.63. The van der Waals surface area contributed by atoms with Crippen molar-refractivity contribution in [1.29, 1.82) is 0 Å². The molecule has 4 aliphatic rings. The number of aromatic nitrogens is 3. The maximum absolute atomic E-state index is 15.9.